The molecule has 166 valence electrons. The Hall–Kier alpha value is -3.10. The molecule has 0 bridgehead atoms. The van der Waals surface area contributed by atoms with Gasteiger partial charge in [0.2, 0.25) is 0 Å². The summed E-state index contributed by atoms with van der Waals surface area (Å²) >= 11 is 6.14. The van der Waals surface area contributed by atoms with Gasteiger partial charge in [-0.3, -0.25) is 4.79 Å². The van der Waals surface area contributed by atoms with Crippen LogP contribution in [0.3, 0.4) is 0 Å². The molecule has 0 spiro atoms. The first kappa shape index (κ1) is 22.1. The van der Waals surface area contributed by atoms with E-state index >= 15 is 0 Å². The molecular formula is C23H21ClN2O5S. The van der Waals surface area contributed by atoms with Gasteiger partial charge in [0.05, 0.1) is 29.0 Å². The lowest BCUT2D eigenvalue weighted by Crippen LogP contribution is -2.32. The van der Waals surface area contributed by atoms with Crippen LogP contribution in [0.25, 0.3) is 0 Å². The number of carbonyl (C=O) groups excluding carboxylic acids is 1. The van der Waals surface area contributed by atoms with Crippen molar-refractivity contribution >= 4 is 33.1 Å². The molecule has 0 saturated carbocycles. The van der Waals surface area contributed by atoms with Gasteiger partial charge in [0, 0.05) is 12.5 Å². The van der Waals surface area contributed by atoms with Gasteiger partial charge in [-0.1, -0.05) is 41.4 Å². The molecule has 0 radical (unpaired) electrons. The van der Waals surface area contributed by atoms with Gasteiger partial charge in [-0.25, -0.2) is 13.4 Å². The van der Waals surface area contributed by atoms with Gasteiger partial charge in [0.25, 0.3) is 5.91 Å². The monoisotopic (exact) mass is 472 g/mol. The Balaban J connectivity index is 1.64. The minimum atomic E-state index is -4.01. The molecule has 32 heavy (non-hydrogen) atoms. The molecule has 0 saturated heterocycles. The number of sulfone groups is 1. The summed E-state index contributed by atoms with van der Waals surface area (Å²) in [6, 6.07) is 14.9. The van der Waals surface area contributed by atoms with Crippen LogP contribution in [0.2, 0.25) is 5.02 Å². The number of halogens is 1. The van der Waals surface area contributed by atoms with E-state index in [9.17, 15) is 13.2 Å². The zero-order chi connectivity index (χ0) is 22.9. The highest BCUT2D eigenvalue weighted by atomic mass is 35.5. The Bertz CT molecular complexity index is 1270. The molecule has 1 atom stereocenters. The first-order chi connectivity index (χ1) is 15.3. The molecule has 1 unspecified atom stereocenters. The van der Waals surface area contributed by atoms with Crippen molar-refractivity contribution in [2.45, 2.75) is 24.3 Å². The third-order valence-electron chi connectivity index (χ3n) is 5.21. The first-order valence-corrected chi connectivity index (χ1v) is 11.9. The van der Waals surface area contributed by atoms with E-state index in [0.29, 0.717) is 23.6 Å². The van der Waals surface area contributed by atoms with Crippen LogP contribution < -0.4 is 4.74 Å². The van der Waals surface area contributed by atoms with Crippen LogP contribution in [-0.2, 0) is 14.6 Å². The maximum atomic E-state index is 13.1. The maximum absolute atomic E-state index is 13.1. The number of rotatable bonds is 6. The SMILES string of the molecule is COc1ccc(S(=O)(=O)CC(=O)N2N=C(c3ccc(C)cc3)CC2c2ccco2)c(Cl)c1. The lowest BCUT2D eigenvalue weighted by molar-refractivity contribution is -0.130. The maximum Gasteiger partial charge on any atom is 0.258 e. The van der Waals surface area contributed by atoms with Crippen LogP contribution in [0.5, 0.6) is 5.75 Å². The summed E-state index contributed by atoms with van der Waals surface area (Å²) < 4.78 is 36.5. The lowest BCUT2D eigenvalue weighted by Gasteiger charge is -2.20. The molecular weight excluding hydrogens is 452 g/mol. The summed E-state index contributed by atoms with van der Waals surface area (Å²) in [5.41, 5.74) is 2.65. The van der Waals surface area contributed by atoms with E-state index in [0.717, 1.165) is 11.1 Å². The standard InChI is InChI=1S/C23H21ClN2O5S/c1-15-5-7-16(8-6-15)19-13-20(21-4-3-11-31-21)26(25-19)23(27)14-32(28,29)22-10-9-17(30-2)12-18(22)24/h3-12,20H,13-14H2,1-2H3. The van der Waals surface area contributed by atoms with Crippen molar-refractivity contribution < 1.29 is 22.4 Å². The van der Waals surface area contributed by atoms with Crippen molar-refractivity contribution in [1.29, 1.82) is 0 Å². The second-order valence-corrected chi connectivity index (χ2v) is 9.81. The third-order valence-corrected chi connectivity index (χ3v) is 7.29. The van der Waals surface area contributed by atoms with Gasteiger partial charge < -0.3 is 9.15 Å². The highest BCUT2D eigenvalue weighted by Gasteiger charge is 2.37. The van der Waals surface area contributed by atoms with E-state index in [4.69, 9.17) is 20.8 Å². The summed E-state index contributed by atoms with van der Waals surface area (Å²) in [5, 5.41) is 5.66. The van der Waals surface area contributed by atoms with Crippen molar-refractivity contribution in [3.05, 3.63) is 82.8 Å². The molecule has 1 amide bonds. The predicted molar refractivity (Wildman–Crippen MR) is 121 cm³/mol. The smallest absolute Gasteiger partial charge is 0.258 e. The topological polar surface area (TPSA) is 89.2 Å². The van der Waals surface area contributed by atoms with E-state index in [-0.39, 0.29) is 9.92 Å². The van der Waals surface area contributed by atoms with E-state index in [1.165, 1.54) is 36.6 Å². The number of hydrogen-bond acceptors (Lipinski definition) is 6. The summed E-state index contributed by atoms with van der Waals surface area (Å²) in [7, 11) is -2.56. The van der Waals surface area contributed by atoms with Gasteiger partial charge >= 0.3 is 0 Å². The molecule has 2 heterocycles. The van der Waals surface area contributed by atoms with E-state index in [1.54, 1.807) is 12.1 Å². The molecule has 7 nitrogen and oxygen atoms in total. The number of benzene rings is 2. The van der Waals surface area contributed by atoms with Crippen molar-refractivity contribution in [2.75, 3.05) is 12.9 Å². The Morgan fingerprint density at radius 1 is 1.22 bits per heavy atom. The number of carbonyl (C=O) groups is 1. The quantitative estimate of drug-likeness (QED) is 0.530. The van der Waals surface area contributed by atoms with Gasteiger partial charge in [-0.2, -0.15) is 5.10 Å². The third kappa shape index (κ3) is 4.42. The zero-order valence-corrected chi connectivity index (χ0v) is 19.1. The Labute approximate surface area is 191 Å². The van der Waals surface area contributed by atoms with E-state index in [2.05, 4.69) is 5.10 Å². The number of amides is 1. The van der Waals surface area contributed by atoms with Crippen LogP contribution in [0, 0.1) is 6.92 Å². The normalized spacial score (nSPS) is 16.2. The first-order valence-electron chi connectivity index (χ1n) is 9.85. The van der Waals surface area contributed by atoms with Gasteiger partial charge in [0.1, 0.15) is 23.3 Å². The van der Waals surface area contributed by atoms with Crippen LogP contribution in [0.15, 0.2) is 75.3 Å². The molecule has 9 heteroatoms. The molecule has 0 aliphatic carbocycles. The molecule has 2 aromatic carbocycles. The van der Waals surface area contributed by atoms with E-state index < -0.39 is 27.5 Å². The number of ether oxygens (including phenoxy) is 1. The van der Waals surface area contributed by atoms with Crippen molar-refractivity contribution in [3.63, 3.8) is 0 Å². The number of methoxy groups -OCH3 is 1. The summed E-state index contributed by atoms with van der Waals surface area (Å²) in [4.78, 5) is 13.0. The largest absolute Gasteiger partial charge is 0.497 e. The number of furan rings is 1. The highest BCUT2D eigenvalue weighted by molar-refractivity contribution is 7.92. The number of aryl methyl sites for hydroxylation is 1. The highest BCUT2D eigenvalue weighted by Crippen LogP contribution is 2.34. The zero-order valence-electron chi connectivity index (χ0n) is 17.5. The minimum absolute atomic E-state index is 0.00926. The second kappa shape index (κ2) is 8.80. The predicted octanol–water partition coefficient (Wildman–Crippen LogP) is 4.40. The average Bonchev–Trinajstić information content (AvgIpc) is 3.43. The molecule has 1 aromatic heterocycles. The van der Waals surface area contributed by atoms with Crippen molar-refractivity contribution in [1.82, 2.24) is 5.01 Å². The van der Waals surface area contributed by atoms with Gasteiger partial charge in [-0.05, 0) is 36.8 Å². The Morgan fingerprint density at radius 3 is 2.59 bits per heavy atom. The molecule has 1 aliphatic heterocycles. The van der Waals surface area contributed by atoms with Crippen LogP contribution in [0.1, 0.15) is 29.3 Å². The molecule has 0 N–H and O–H groups in total. The lowest BCUT2D eigenvalue weighted by atomic mass is 10.0. The Morgan fingerprint density at radius 2 is 1.97 bits per heavy atom. The fourth-order valence-electron chi connectivity index (χ4n) is 3.53. The molecule has 1 aliphatic rings. The summed E-state index contributed by atoms with van der Waals surface area (Å²) in [6.45, 7) is 1.98. The van der Waals surface area contributed by atoms with Crippen LogP contribution in [-0.4, -0.2) is 37.9 Å². The molecule has 0 fully saturated rings. The van der Waals surface area contributed by atoms with Crippen LogP contribution >= 0.6 is 11.6 Å². The van der Waals surface area contributed by atoms with Gasteiger partial charge in [0.15, 0.2) is 9.84 Å². The van der Waals surface area contributed by atoms with Crippen molar-refractivity contribution in [2.24, 2.45) is 5.10 Å². The molecule has 4 rings (SSSR count). The van der Waals surface area contributed by atoms with Crippen LogP contribution in [0.4, 0.5) is 0 Å². The number of nitrogens with zero attached hydrogens (tertiary/aromatic N) is 2. The second-order valence-electron chi connectivity index (χ2n) is 7.44. The number of hydrazone groups is 1. The number of hydrogen-bond donors (Lipinski definition) is 0. The summed E-state index contributed by atoms with van der Waals surface area (Å²) in [6.07, 6.45) is 1.92. The molecule has 3 aromatic rings. The fraction of sp³-hybridized carbons (Fsp3) is 0.217. The summed E-state index contributed by atoms with van der Waals surface area (Å²) in [5.74, 6) is -0.490. The average molecular weight is 473 g/mol. The van der Waals surface area contributed by atoms with E-state index in [1.807, 2.05) is 31.2 Å². The minimum Gasteiger partial charge on any atom is -0.497 e. The van der Waals surface area contributed by atoms with Gasteiger partial charge in [-0.15, -0.1) is 0 Å². The fourth-order valence-corrected chi connectivity index (χ4v) is 5.30. The Kier molecular flexibility index (Phi) is 6.08. The van der Waals surface area contributed by atoms with Crippen molar-refractivity contribution in [3.8, 4) is 5.75 Å².